The lowest BCUT2D eigenvalue weighted by atomic mass is 9.99. The Kier molecular flexibility index (Phi) is 5.44. The number of halogens is 2. The number of hydrogen-bond donors (Lipinski definition) is 2. The summed E-state index contributed by atoms with van der Waals surface area (Å²) < 4.78 is 0. The zero-order valence-electron chi connectivity index (χ0n) is 14.6. The minimum atomic E-state index is -0.523. The second-order valence-electron chi connectivity index (χ2n) is 7.23. The highest BCUT2D eigenvalue weighted by atomic mass is 35.5. The Hall–Kier alpha value is -1.79. The maximum absolute atomic E-state index is 12.6. The van der Waals surface area contributed by atoms with Gasteiger partial charge in [-0.1, -0.05) is 37.0 Å². The average molecular weight is 398 g/mol. The van der Waals surface area contributed by atoms with Crippen LogP contribution in [0.5, 0.6) is 0 Å². The van der Waals surface area contributed by atoms with E-state index in [1.54, 1.807) is 17.0 Å². The number of nitrogens with one attached hydrogen (secondary N) is 2. The standard InChI is InChI=1S/C18H21Cl2N3O3/c1-9(2)5-14-18(26)23-8-11(7-15(23)17(25)22-14)21-16(24)10-3-4-12(19)13(20)6-10/h3-4,6,9,11,14-15H,5,7-8H2,1-2H3,(H,21,24)(H,22,25)/t11-,14+,15-/m0/s1. The van der Waals surface area contributed by atoms with Crippen molar-refractivity contribution in [3.05, 3.63) is 33.8 Å². The number of benzene rings is 1. The van der Waals surface area contributed by atoms with Gasteiger partial charge in [-0.15, -0.1) is 0 Å². The van der Waals surface area contributed by atoms with E-state index < -0.39 is 12.1 Å². The van der Waals surface area contributed by atoms with Gasteiger partial charge in [0.2, 0.25) is 11.8 Å². The van der Waals surface area contributed by atoms with Crippen LogP contribution in [0.3, 0.4) is 0 Å². The minimum Gasteiger partial charge on any atom is -0.347 e. The Morgan fingerprint density at radius 1 is 1.31 bits per heavy atom. The van der Waals surface area contributed by atoms with Crippen molar-refractivity contribution in [2.45, 2.75) is 44.8 Å². The quantitative estimate of drug-likeness (QED) is 0.817. The summed E-state index contributed by atoms with van der Waals surface area (Å²) >= 11 is 11.8. The molecule has 1 aromatic rings. The number of fused-ring (bicyclic) bond motifs is 1. The number of rotatable bonds is 4. The number of nitrogens with zero attached hydrogens (tertiary/aromatic N) is 1. The summed E-state index contributed by atoms with van der Waals surface area (Å²) in [5.41, 5.74) is 0.387. The van der Waals surface area contributed by atoms with Gasteiger partial charge in [0, 0.05) is 18.2 Å². The molecule has 0 spiro atoms. The summed E-state index contributed by atoms with van der Waals surface area (Å²) in [4.78, 5) is 39.0. The van der Waals surface area contributed by atoms with Gasteiger partial charge >= 0.3 is 0 Å². The van der Waals surface area contributed by atoms with Gasteiger partial charge in [-0.2, -0.15) is 0 Å². The van der Waals surface area contributed by atoms with E-state index in [2.05, 4.69) is 10.6 Å². The highest BCUT2D eigenvalue weighted by Gasteiger charge is 2.46. The van der Waals surface area contributed by atoms with Gasteiger partial charge < -0.3 is 15.5 Å². The number of carbonyl (C=O) groups is 3. The Balaban J connectivity index is 1.67. The van der Waals surface area contributed by atoms with Gasteiger partial charge in [0.05, 0.1) is 10.0 Å². The zero-order chi connectivity index (χ0) is 19.0. The molecule has 26 heavy (non-hydrogen) atoms. The minimum absolute atomic E-state index is 0.0745. The lowest BCUT2D eigenvalue weighted by Crippen LogP contribution is -2.61. The molecule has 2 aliphatic rings. The Morgan fingerprint density at radius 3 is 2.69 bits per heavy atom. The van der Waals surface area contributed by atoms with Crippen LogP contribution in [-0.2, 0) is 9.59 Å². The van der Waals surface area contributed by atoms with Crippen LogP contribution >= 0.6 is 23.2 Å². The molecule has 2 aliphatic heterocycles. The van der Waals surface area contributed by atoms with Crippen LogP contribution in [0, 0.1) is 5.92 Å². The van der Waals surface area contributed by atoms with Crippen LogP contribution in [0.25, 0.3) is 0 Å². The number of amides is 3. The molecular weight excluding hydrogens is 377 g/mol. The third-order valence-corrected chi connectivity index (χ3v) is 5.46. The molecule has 3 amide bonds. The predicted octanol–water partition coefficient (Wildman–Crippen LogP) is 2.24. The van der Waals surface area contributed by atoms with Crippen molar-refractivity contribution in [3.8, 4) is 0 Å². The van der Waals surface area contributed by atoms with Crippen LogP contribution in [0.2, 0.25) is 10.0 Å². The maximum atomic E-state index is 12.6. The Bertz CT molecular complexity index is 753. The molecule has 0 unspecified atom stereocenters. The van der Waals surface area contributed by atoms with E-state index in [4.69, 9.17) is 23.2 Å². The first-order valence-electron chi connectivity index (χ1n) is 8.63. The van der Waals surface area contributed by atoms with Crippen molar-refractivity contribution >= 4 is 40.9 Å². The third-order valence-electron chi connectivity index (χ3n) is 4.73. The SMILES string of the molecule is CC(C)C[C@H]1NC(=O)[C@@H]2C[C@H](NC(=O)c3ccc(Cl)c(Cl)c3)CN2C1=O. The molecule has 1 aromatic carbocycles. The number of carbonyl (C=O) groups excluding carboxylic acids is 3. The van der Waals surface area contributed by atoms with Crippen LogP contribution in [0.1, 0.15) is 37.0 Å². The molecule has 8 heteroatoms. The van der Waals surface area contributed by atoms with Gasteiger partial charge in [-0.3, -0.25) is 14.4 Å². The highest BCUT2D eigenvalue weighted by Crippen LogP contribution is 2.26. The van der Waals surface area contributed by atoms with E-state index in [0.29, 0.717) is 40.9 Å². The summed E-state index contributed by atoms with van der Waals surface area (Å²) in [6, 6.07) is 3.35. The first-order chi connectivity index (χ1) is 12.3. The Labute approximate surface area is 162 Å². The third kappa shape index (κ3) is 3.81. The lowest BCUT2D eigenvalue weighted by molar-refractivity contribution is -0.147. The van der Waals surface area contributed by atoms with Gasteiger partial charge in [0.15, 0.2) is 0 Å². The van der Waals surface area contributed by atoms with Gasteiger partial charge in [-0.25, -0.2) is 0 Å². The summed E-state index contributed by atoms with van der Waals surface area (Å²) in [6.45, 7) is 4.35. The molecular formula is C18H21Cl2N3O3. The molecule has 2 N–H and O–H groups in total. The van der Waals surface area contributed by atoms with E-state index >= 15 is 0 Å². The lowest BCUT2D eigenvalue weighted by Gasteiger charge is -2.35. The average Bonchev–Trinajstić information content (AvgIpc) is 2.99. The predicted molar refractivity (Wildman–Crippen MR) is 99.2 cm³/mol. The summed E-state index contributed by atoms with van der Waals surface area (Å²) in [5.74, 6) is -0.232. The van der Waals surface area contributed by atoms with Crippen LogP contribution < -0.4 is 10.6 Å². The van der Waals surface area contributed by atoms with Gasteiger partial charge in [0.25, 0.3) is 5.91 Å². The monoisotopic (exact) mass is 397 g/mol. The largest absolute Gasteiger partial charge is 0.347 e. The molecule has 0 saturated carbocycles. The fraction of sp³-hybridized carbons (Fsp3) is 0.500. The van der Waals surface area contributed by atoms with E-state index in [0.717, 1.165) is 0 Å². The zero-order valence-corrected chi connectivity index (χ0v) is 16.1. The molecule has 2 heterocycles. The summed E-state index contributed by atoms with van der Waals surface area (Å²) in [5, 5.41) is 6.37. The molecule has 0 bridgehead atoms. The van der Waals surface area contributed by atoms with Crippen molar-refractivity contribution in [3.63, 3.8) is 0 Å². The van der Waals surface area contributed by atoms with Crippen molar-refractivity contribution in [1.82, 2.24) is 15.5 Å². The Morgan fingerprint density at radius 2 is 2.04 bits per heavy atom. The smallest absolute Gasteiger partial charge is 0.251 e. The van der Waals surface area contributed by atoms with E-state index in [-0.39, 0.29) is 23.8 Å². The van der Waals surface area contributed by atoms with E-state index in [1.807, 2.05) is 13.8 Å². The molecule has 2 saturated heterocycles. The molecule has 6 nitrogen and oxygen atoms in total. The van der Waals surface area contributed by atoms with E-state index in [1.165, 1.54) is 6.07 Å². The highest BCUT2D eigenvalue weighted by molar-refractivity contribution is 6.42. The number of piperazine rings is 1. The van der Waals surface area contributed by atoms with E-state index in [9.17, 15) is 14.4 Å². The van der Waals surface area contributed by atoms with Crippen LogP contribution in [-0.4, -0.2) is 47.3 Å². The fourth-order valence-electron chi connectivity index (χ4n) is 3.50. The molecule has 0 aliphatic carbocycles. The second-order valence-corrected chi connectivity index (χ2v) is 8.05. The molecule has 2 fully saturated rings. The van der Waals surface area contributed by atoms with Crippen molar-refractivity contribution in [2.24, 2.45) is 5.92 Å². The first kappa shape index (κ1) is 19.0. The fourth-order valence-corrected chi connectivity index (χ4v) is 3.80. The second kappa shape index (κ2) is 7.45. The molecule has 3 atom stereocenters. The normalized spacial score (nSPS) is 25.3. The number of hydrogen-bond acceptors (Lipinski definition) is 3. The molecule has 140 valence electrons. The molecule has 3 rings (SSSR count). The van der Waals surface area contributed by atoms with Gasteiger partial charge in [-0.05, 0) is 37.0 Å². The molecule has 0 radical (unpaired) electrons. The van der Waals surface area contributed by atoms with Crippen molar-refractivity contribution < 1.29 is 14.4 Å². The summed E-state index contributed by atoms with van der Waals surface area (Å²) in [6.07, 6.45) is 1.01. The first-order valence-corrected chi connectivity index (χ1v) is 9.38. The molecule has 0 aromatic heterocycles. The maximum Gasteiger partial charge on any atom is 0.251 e. The van der Waals surface area contributed by atoms with Crippen molar-refractivity contribution in [1.29, 1.82) is 0 Å². The van der Waals surface area contributed by atoms with Crippen LogP contribution in [0.4, 0.5) is 0 Å². The van der Waals surface area contributed by atoms with Crippen LogP contribution in [0.15, 0.2) is 18.2 Å². The van der Waals surface area contributed by atoms with Gasteiger partial charge in [0.1, 0.15) is 12.1 Å². The topological polar surface area (TPSA) is 78.5 Å². The van der Waals surface area contributed by atoms with Crippen molar-refractivity contribution in [2.75, 3.05) is 6.54 Å². The summed E-state index contributed by atoms with van der Waals surface area (Å²) in [7, 11) is 0.